The Kier molecular flexibility index (Phi) is 6.07. The molecule has 0 saturated carbocycles. The number of aliphatic hydroxyl groups is 1. The van der Waals surface area contributed by atoms with Gasteiger partial charge in [0.1, 0.15) is 11.5 Å². The van der Waals surface area contributed by atoms with Gasteiger partial charge >= 0.3 is 6.03 Å². The zero-order valence-electron chi connectivity index (χ0n) is 13.0. The molecule has 5 nitrogen and oxygen atoms in total. The van der Waals surface area contributed by atoms with Gasteiger partial charge in [0.25, 0.3) is 0 Å². The average Bonchev–Trinajstić information content (AvgIpc) is 2.65. The number of hydrogen-bond acceptors (Lipinski definition) is 3. The van der Waals surface area contributed by atoms with E-state index in [9.17, 15) is 9.90 Å². The first-order valence-corrected chi connectivity index (χ1v) is 7.09. The van der Waals surface area contributed by atoms with Gasteiger partial charge in [0.05, 0.1) is 12.1 Å². The highest BCUT2D eigenvalue weighted by Gasteiger charge is 2.15. The lowest BCUT2D eigenvalue weighted by atomic mass is 10.1. The van der Waals surface area contributed by atoms with Crippen molar-refractivity contribution in [3.05, 3.63) is 23.2 Å². The largest absolute Gasteiger partial charge is 0.466 e. The zero-order chi connectivity index (χ0) is 15.3. The van der Waals surface area contributed by atoms with Gasteiger partial charge in [-0.3, -0.25) is 0 Å². The molecule has 20 heavy (non-hydrogen) atoms. The second-order valence-electron chi connectivity index (χ2n) is 5.73. The zero-order valence-corrected chi connectivity index (χ0v) is 13.0. The molecule has 0 aliphatic carbocycles. The average molecular weight is 282 g/mol. The minimum atomic E-state index is -0.506. The highest BCUT2D eigenvalue weighted by Crippen LogP contribution is 2.20. The first-order chi connectivity index (χ1) is 9.29. The van der Waals surface area contributed by atoms with Crippen LogP contribution in [0.25, 0.3) is 0 Å². The molecule has 2 atom stereocenters. The molecule has 5 heteroatoms. The third-order valence-corrected chi connectivity index (χ3v) is 3.14. The van der Waals surface area contributed by atoms with Gasteiger partial charge < -0.3 is 20.2 Å². The van der Waals surface area contributed by atoms with Gasteiger partial charge in [-0.1, -0.05) is 13.8 Å². The molecule has 0 fully saturated rings. The Morgan fingerprint density at radius 3 is 2.50 bits per heavy atom. The standard InChI is InChI=1S/C15H26N2O3/c1-9(2)6-13(18)8-16-15(19)17-11(4)14-7-10(3)20-12(14)5/h7,9,11,13,18H,6,8H2,1-5H3,(H2,16,17,19). The van der Waals surface area contributed by atoms with E-state index in [-0.39, 0.29) is 18.6 Å². The van der Waals surface area contributed by atoms with Crippen LogP contribution in [0.3, 0.4) is 0 Å². The second kappa shape index (κ2) is 7.33. The highest BCUT2D eigenvalue weighted by atomic mass is 16.3. The van der Waals surface area contributed by atoms with Crippen molar-refractivity contribution in [1.29, 1.82) is 0 Å². The van der Waals surface area contributed by atoms with Crippen LogP contribution in [-0.4, -0.2) is 23.8 Å². The summed E-state index contributed by atoms with van der Waals surface area (Å²) in [4.78, 5) is 11.8. The Bertz CT molecular complexity index is 440. The summed E-state index contributed by atoms with van der Waals surface area (Å²) >= 11 is 0. The third kappa shape index (κ3) is 5.25. The van der Waals surface area contributed by atoms with Crippen LogP contribution in [0, 0.1) is 19.8 Å². The molecule has 114 valence electrons. The Morgan fingerprint density at radius 1 is 1.35 bits per heavy atom. The van der Waals surface area contributed by atoms with Crippen LogP contribution in [0.15, 0.2) is 10.5 Å². The van der Waals surface area contributed by atoms with E-state index in [1.165, 1.54) is 0 Å². The number of nitrogens with one attached hydrogen (secondary N) is 2. The van der Waals surface area contributed by atoms with Crippen molar-refractivity contribution in [3.8, 4) is 0 Å². The summed E-state index contributed by atoms with van der Waals surface area (Å²) in [5.74, 6) is 2.05. The monoisotopic (exact) mass is 282 g/mol. The summed E-state index contributed by atoms with van der Waals surface area (Å²) in [6.07, 6.45) is 0.171. The fourth-order valence-corrected chi connectivity index (χ4v) is 2.24. The maximum Gasteiger partial charge on any atom is 0.315 e. The van der Waals surface area contributed by atoms with E-state index >= 15 is 0 Å². The molecule has 2 amide bonds. The number of carbonyl (C=O) groups excluding carboxylic acids is 1. The van der Waals surface area contributed by atoms with Crippen LogP contribution >= 0.6 is 0 Å². The van der Waals surface area contributed by atoms with Gasteiger partial charge in [-0.2, -0.15) is 0 Å². The maximum atomic E-state index is 11.8. The quantitative estimate of drug-likeness (QED) is 0.751. The van der Waals surface area contributed by atoms with Crippen LogP contribution in [0.2, 0.25) is 0 Å². The lowest BCUT2D eigenvalue weighted by molar-refractivity contribution is 0.146. The molecule has 0 aliphatic heterocycles. The first-order valence-electron chi connectivity index (χ1n) is 7.09. The smallest absolute Gasteiger partial charge is 0.315 e. The number of carbonyl (C=O) groups is 1. The van der Waals surface area contributed by atoms with Crippen LogP contribution < -0.4 is 10.6 Å². The van der Waals surface area contributed by atoms with Gasteiger partial charge in [0, 0.05) is 12.1 Å². The van der Waals surface area contributed by atoms with Crippen molar-refractivity contribution in [1.82, 2.24) is 10.6 Å². The highest BCUT2D eigenvalue weighted by molar-refractivity contribution is 5.74. The van der Waals surface area contributed by atoms with Crippen molar-refractivity contribution in [3.63, 3.8) is 0 Å². The molecule has 0 spiro atoms. The van der Waals surface area contributed by atoms with E-state index in [1.54, 1.807) is 0 Å². The van der Waals surface area contributed by atoms with Crippen molar-refractivity contribution in [2.45, 2.75) is 53.2 Å². The fourth-order valence-electron chi connectivity index (χ4n) is 2.24. The molecule has 0 radical (unpaired) electrons. The molecule has 2 unspecified atom stereocenters. The van der Waals surface area contributed by atoms with E-state index < -0.39 is 6.10 Å². The van der Waals surface area contributed by atoms with Crippen LogP contribution in [0.5, 0.6) is 0 Å². The number of rotatable bonds is 6. The van der Waals surface area contributed by atoms with Crippen molar-refractivity contribution < 1.29 is 14.3 Å². The van der Waals surface area contributed by atoms with Crippen LogP contribution in [0.1, 0.15) is 50.3 Å². The molecular formula is C15H26N2O3. The first kappa shape index (κ1) is 16.6. The summed E-state index contributed by atoms with van der Waals surface area (Å²) in [6, 6.07) is 1.52. The van der Waals surface area contributed by atoms with Crippen LogP contribution in [-0.2, 0) is 0 Å². The predicted octanol–water partition coefficient (Wildman–Crippen LogP) is 2.66. The molecule has 0 bridgehead atoms. The molecule has 1 aromatic heterocycles. The Morgan fingerprint density at radius 2 is 2.00 bits per heavy atom. The topological polar surface area (TPSA) is 74.5 Å². The molecule has 3 N–H and O–H groups in total. The van der Waals surface area contributed by atoms with Gasteiger partial charge in [0.2, 0.25) is 0 Å². The molecular weight excluding hydrogens is 256 g/mol. The Balaban J connectivity index is 2.40. The molecule has 0 aromatic carbocycles. The van der Waals surface area contributed by atoms with E-state index in [4.69, 9.17) is 4.42 Å². The van der Waals surface area contributed by atoms with E-state index in [0.29, 0.717) is 12.3 Å². The number of hydrogen-bond donors (Lipinski definition) is 3. The summed E-state index contributed by atoms with van der Waals surface area (Å²) in [6.45, 7) is 10.0. The van der Waals surface area contributed by atoms with E-state index in [1.807, 2.05) is 40.7 Å². The summed E-state index contributed by atoms with van der Waals surface area (Å²) < 4.78 is 5.45. The summed E-state index contributed by atoms with van der Waals surface area (Å²) in [7, 11) is 0. The van der Waals surface area contributed by atoms with E-state index in [2.05, 4.69) is 10.6 Å². The van der Waals surface area contributed by atoms with Crippen molar-refractivity contribution >= 4 is 6.03 Å². The number of aliphatic hydroxyl groups excluding tert-OH is 1. The Labute approximate surface area is 120 Å². The fraction of sp³-hybridized carbons (Fsp3) is 0.667. The Hall–Kier alpha value is -1.49. The third-order valence-electron chi connectivity index (χ3n) is 3.14. The lowest BCUT2D eigenvalue weighted by Crippen LogP contribution is -2.41. The SMILES string of the molecule is Cc1cc(C(C)NC(=O)NCC(O)CC(C)C)c(C)o1. The van der Waals surface area contributed by atoms with Gasteiger partial charge in [0.15, 0.2) is 0 Å². The number of furan rings is 1. The molecule has 1 heterocycles. The van der Waals surface area contributed by atoms with Crippen molar-refractivity contribution in [2.24, 2.45) is 5.92 Å². The van der Waals surface area contributed by atoms with Gasteiger partial charge in [-0.15, -0.1) is 0 Å². The predicted molar refractivity (Wildman–Crippen MR) is 78.6 cm³/mol. The van der Waals surface area contributed by atoms with Gasteiger partial charge in [-0.05, 0) is 39.2 Å². The minimum Gasteiger partial charge on any atom is -0.466 e. The lowest BCUT2D eigenvalue weighted by Gasteiger charge is -2.17. The molecule has 1 rings (SSSR count). The summed E-state index contributed by atoms with van der Waals surface area (Å²) in [5.41, 5.74) is 0.973. The molecule has 0 aliphatic rings. The maximum absolute atomic E-state index is 11.8. The number of amides is 2. The minimum absolute atomic E-state index is 0.130. The van der Waals surface area contributed by atoms with E-state index in [0.717, 1.165) is 17.1 Å². The number of aryl methyl sites for hydroxylation is 2. The number of urea groups is 1. The summed E-state index contributed by atoms with van der Waals surface area (Å²) in [5, 5.41) is 15.2. The normalized spacial score (nSPS) is 14.2. The molecule has 1 aromatic rings. The molecule has 0 saturated heterocycles. The van der Waals surface area contributed by atoms with Crippen LogP contribution in [0.4, 0.5) is 4.79 Å². The second-order valence-corrected chi connectivity index (χ2v) is 5.73. The van der Waals surface area contributed by atoms with Crippen molar-refractivity contribution in [2.75, 3.05) is 6.54 Å². The van der Waals surface area contributed by atoms with Gasteiger partial charge in [-0.25, -0.2) is 4.79 Å².